The number of nitrogens with zero attached hydrogens (tertiary/aromatic N) is 1. The lowest BCUT2D eigenvalue weighted by Gasteiger charge is -2.32. The summed E-state index contributed by atoms with van der Waals surface area (Å²) in [7, 11) is 0. The van der Waals surface area contributed by atoms with Gasteiger partial charge in [-0.2, -0.15) is 0 Å². The predicted molar refractivity (Wildman–Crippen MR) is 144 cm³/mol. The topological polar surface area (TPSA) is 49.4 Å². The highest BCUT2D eigenvalue weighted by Crippen LogP contribution is 2.25. The SMILES string of the molecule is CCC(C)NC(=O)C(Cc1ccccc1)N(Cc1ccc(Cl)c(Cl)c1)C(=O)CCc1ccccc1. The first-order valence-electron chi connectivity index (χ1n) is 12.0. The maximum atomic E-state index is 13.7. The summed E-state index contributed by atoms with van der Waals surface area (Å²) in [6.07, 6.45) is 2.12. The average Bonchev–Trinajstić information content (AvgIpc) is 2.87. The van der Waals surface area contributed by atoms with Gasteiger partial charge in [0.1, 0.15) is 6.04 Å². The molecule has 2 amide bonds. The lowest BCUT2D eigenvalue weighted by molar-refractivity contribution is -0.141. The second-order valence-corrected chi connectivity index (χ2v) is 9.59. The average molecular weight is 511 g/mol. The van der Waals surface area contributed by atoms with Crippen LogP contribution in [0.4, 0.5) is 0 Å². The van der Waals surface area contributed by atoms with Crippen LogP contribution in [0.5, 0.6) is 0 Å². The van der Waals surface area contributed by atoms with Gasteiger partial charge in [0.15, 0.2) is 0 Å². The van der Waals surface area contributed by atoms with Crippen LogP contribution < -0.4 is 5.32 Å². The van der Waals surface area contributed by atoms with Crippen molar-refractivity contribution in [1.29, 1.82) is 0 Å². The zero-order valence-corrected chi connectivity index (χ0v) is 21.7. The van der Waals surface area contributed by atoms with Crippen LogP contribution in [0.15, 0.2) is 78.9 Å². The molecule has 2 unspecified atom stereocenters. The molecule has 4 nitrogen and oxygen atoms in total. The van der Waals surface area contributed by atoms with Crippen LogP contribution in [0.2, 0.25) is 10.0 Å². The predicted octanol–water partition coefficient (Wildman–Crippen LogP) is 6.48. The van der Waals surface area contributed by atoms with Gasteiger partial charge >= 0.3 is 0 Å². The van der Waals surface area contributed by atoms with Crippen LogP contribution in [0.3, 0.4) is 0 Å². The Hall–Kier alpha value is -2.82. The number of benzene rings is 3. The van der Waals surface area contributed by atoms with Crippen molar-refractivity contribution in [2.75, 3.05) is 0 Å². The molecule has 0 aliphatic heterocycles. The van der Waals surface area contributed by atoms with E-state index in [2.05, 4.69) is 5.32 Å². The first-order valence-corrected chi connectivity index (χ1v) is 12.7. The molecule has 0 radical (unpaired) electrons. The number of rotatable bonds is 11. The van der Waals surface area contributed by atoms with Gasteiger partial charge < -0.3 is 10.2 Å². The molecular formula is C29H32Cl2N2O2. The summed E-state index contributed by atoms with van der Waals surface area (Å²) in [5.74, 6) is -0.239. The molecule has 3 aromatic rings. The number of halogens is 2. The van der Waals surface area contributed by atoms with E-state index in [0.717, 1.165) is 23.1 Å². The summed E-state index contributed by atoms with van der Waals surface area (Å²) in [4.78, 5) is 28.8. The molecule has 0 bridgehead atoms. The van der Waals surface area contributed by atoms with Crippen molar-refractivity contribution in [2.45, 2.75) is 58.2 Å². The molecule has 0 aliphatic carbocycles. The zero-order chi connectivity index (χ0) is 25.2. The highest BCUT2D eigenvalue weighted by atomic mass is 35.5. The van der Waals surface area contributed by atoms with Gasteiger partial charge in [0.25, 0.3) is 0 Å². The van der Waals surface area contributed by atoms with E-state index in [0.29, 0.717) is 29.3 Å². The molecule has 6 heteroatoms. The number of carbonyl (C=O) groups is 2. The Kier molecular flexibility index (Phi) is 10.2. The zero-order valence-electron chi connectivity index (χ0n) is 20.2. The standard InChI is InChI=1S/C29H32Cl2N2O2/c1-3-21(2)32-29(35)27(19-23-12-8-5-9-13-23)33(20-24-14-16-25(30)26(31)18-24)28(34)17-15-22-10-6-4-7-11-22/h4-14,16,18,21,27H,3,15,17,19-20H2,1-2H3,(H,32,35). The van der Waals surface area contributed by atoms with Gasteiger partial charge in [0, 0.05) is 25.4 Å². The van der Waals surface area contributed by atoms with Crippen molar-refractivity contribution >= 4 is 35.0 Å². The minimum atomic E-state index is -0.663. The molecule has 3 aromatic carbocycles. The molecular weight excluding hydrogens is 479 g/mol. The van der Waals surface area contributed by atoms with Crippen molar-refractivity contribution in [2.24, 2.45) is 0 Å². The van der Waals surface area contributed by atoms with Crippen molar-refractivity contribution in [3.05, 3.63) is 106 Å². The molecule has 2 atom stereocenters. The monoisotopic (exact) mass is 510 g/mol. The van der Waals surface area contributed by atoms with Gasteiger partial charge in [0.2, 0.25) is 11.8 Å². The first-order chi connectivity index (χ1) is 16.9. The smallest absolute Gasteiger partial charge is 0.243 e. The fourth-order valence-corrected chi connectivity index (χ4v) is 4.19. The molecule has 0 fully saturated rings. The molecule has 3 rings (SSSR count). The van der Waals surface area contributed by atoms with Crippen LogP contribution in [0, 0.1) is 0 Å². The summed E-state index contributed by atoms with van der Waals surface area (Å²) >= 11 is 12.4. The lowest BCUT2D eigenvalue weighted by Crippen LogP contribution is -2.52. The minimum absolute atomic E-state index is 0.00650. The Morgan fingerprint density at radius 2 is 1.49 bits per heavy atom. The summed E-state index contributed by atoms with van der Waals surface area (Å²) < 4.78 is 0. The molecule has 0 spiro atoms. The Bertz CT molecular complexity index is 1110. The number of amides is 2. The molecule has 0 heterocycles. The number of hydrogen-bond acceptors (Lipinski definition) is 2. The van der Waals surface area contributed by atoms with Crippen molar-refractivity contribution < 1.29 is 9.59 Å². The first kappa shape index (κ1) is 26.8. The van der Waals surface area contributed by atoms with E-state index in [1.54, 1.807) is 17.0 Å². The number of aryl methyl sites for hydroxylation is 1. The molecule has 0 aromatic heterocycles. The Labute approximate surface area is 218 Å². The Morgan fingerprint density at radius 3 is 2.09 bits per heavy atom. The highest BCUT2D eigenvalue weighted by Gasteiger charge is 2.30. The molecule has 0 saturated heterocycles. The van der Waals surface area contributed by atoms with Crippen LogP contribution in [-0.4, -0.2) is 28.8 Å². The van der Waals surface area contributed by atoms with E-state index in [1.165, 1.54) is 0 Å². The lowest BCUT2D eigenvalue weighted by atomic mass is 10.0. The summed E-state index contributed by atoms with van der Waals surface area (Å²) in [6, 6.07) is 24.4. The van der Waals surface area contributed by atoms with Gasteiger partial charge in [-0.1, -0.05) is 96.9 Å². The van der Waals surface area contributed by atoms with Crippen LogP contribution in [0.25, 0.3) is 0 Å². The quantitative estimate of drug-likeness (QED) is 0.320. The largest absolute Gasteiger partial charge is 0.352 e. The van der Waals surface area contributed by atoms with Gasteiger partial charge in [-0.25, -0.2) is 0 Å². The van der Waals surface area contributed by atoms with Crippen molar-refractivity contribution in [1.82, 2.24) is 10.2 Å². The minimum Gasteiger partial charge on any atom is -0.352 e. The maximum Gasteiger partial charge on any atom is 0.243 e. The normalized spacial score (nSPS) is 12.6. The van der Waals surface area contributed by atoms with E-state index in [-0.39, 0.29) is 24.4 Å². The fraction of sp³-hybridized carbons (Fsp3) is 0.310. The molecule has 1 N–H and O–H groups in total. The van der Waals surface area contributed by atoms with Crippen molar-refractivity contribution in [3.8, 4) is 0 Å². The Morgan fingerprint density at radius 1 is 0.857 bits per heavy atom. The molecule has 184 valence electrons. The number of carbonyl (C=O) groups excluding carboxylic acids is 2. The van der Waals surface area contributed by atoms with Crippen LogP contribution in [0.1, 0.15) is 43.4 Å². The maximum absolute atomic E-state index is 13.7. The fourth-order valence-electron chi connectivity index (χ4n) is 3.87. The van der Waals surface area contributed by atoms with E-state index in [4.69, 9.17) is 23.2 Å². The van der Waals surface area contributed by atoms with Gasteiger partial charge in [-0.05, 0) is 48.6 Å². The summed E-state index contributed by atoms with van der Waals surface area (Å²) in [5.41, 5.74) is 2.90. The molecule has 0 aliphatic rings. The van der Waals surface area contributed by atoms with Crippen LogP contribution in [-0.2, 0) is 29.0 Å². The molecule has 0 saturated carbocycles. The third kappa shape index (κ3) is 8.12. The van der Waals surface area contributed by atoms with Crippen molar-refractivity contribution in [3.63, 3.8) is 0 Å². The second kappa shape index (κ2) is 13.3. The second-order valence-electron chi connectivity index (χ2n) is 8.78. The summed E-state index contributed by atoms with van der Waals surface area (Å²) in [5, 5.41) is 3.96. The third-order valence-corrected chi connectivity index (χ3v) is 6.82. The summed E-state index contributed by atoms with van der Waals surface area (Å²) in [6.45, 7) is 4.25. The van der Waals surface area contributed by atoms with Gasteiger partial charge in [-0.3, -0.25) is 9.59 Å². The van der Waals surface area contributed by atoms with E-state index >= 15 is 0 Å². The third-order valence-electron chi connectivity index (χ3n) is 6.08. The number of hydrogen-bond donors (Lipinski definition) is 1. The Balaban J connectivity index is 1.93. The van der Waals surface area contributed by atoms with E-state index in [9.17, 15) is 9.59 Å². The van der Waals surface area contributed by atoms with E-state index < -0.39 is 6.04 Å². The van der Waals surface area contributed by atoms with Gasteiger partial charge in [-0.15, -0.1) is 0 Å². The van der Waals surface area contributed by atoms with Crippen LogP contribution >= 0.6 is 23.2 Å². The van der Waals surface area contributed by atoms with E-state index in [1.807, 2.05) is 80.6 Å². The molecule has 35 heavy (non-hydrogen) atoms. The highest BCUT2D eigenvalue weighted by molar-refractivity contribution is 6.42. The number of nitrogens with one attached hydrogen (secondary N) is 1. The van der Waals surface area contributed by atoms with Gasteiger partial charge in [0.05, 0.1) is 10.0 Å².